The van der Waals surface area contributed by atoms with Crippen LogP contribution in [0.4, 0.5) is 0 Å². The summed E-state index contributed by atoms with van der Waals surface area (Å²) < 4.78 is 0. The lowest BCUT2D eigenvalue weighted by atomic mass is 10.1. The van der Waals surface area contributed by atoms with Crippen LogP contribution in [0.25, 0.3) is 10.9 Å². The summed E-state index contributed by atoms with van der Waals surface area (Å²) in [7, 11) is 1.81. The molecule has 0 fully saturated rings. The molecule has 0 spiro atoms. The maximum absolute atomic E-state index is 4.26. The SMILES string of the molecule is CCC(C)NC(=NC)NCCc1c[nH]c2cc(C)ccc12. The summed E-state index contributed by atoms with van der Waals surface area (Å²) in [5.74, 6) is 0.875. The summed E-state index contributed by atoms with van der Waals surface area (Å²) in [6.07, 6.45) is 4.17. The maximum atomic E-state index is 4.26. The molecule has 1 atom stereocenters. The Balaban J connectivity index is 1.93. The Labute approximate surface area is 127 Å². The van der Waals surface area contributed by atoms with E-state index >= 15 is 0 Å². The van der Waals surface area contributed by atoms with E-state index < -0.39 is 0 Å². The highest BCUT2D eigenvalue weighted by molar-refractivity contribution is 5.84. The number of hydrogen-bond acceptors (Lipinski definition) is 1. The third kappa shape index (κ3) is 4.00. The smallest absolute Gasteiger partial charge is 0.191 e. The van der Waals surface area contributed by atoms with E-state index in [4.69, 9.17) is 0 Å². The highest BCUT2D eigenvalue weighted by Crippen LogP contribution is 2.19. The van der Waals surface area contributed by atoms with Gasteiger partial charge in [-0.2, -0.15) is 0 Å². The molecule has 1 heterocycles. The molecule has 0 amide bonds. The highest BCUT2D eigenvalue weighted by Gasteiger charge is 2.05. The van der Waals surface area contributed by atoms with Gasteiger partial charge in [0.05, 0.1) is 0 Å². The molecule has 3 N–H and O–H groups in total. The fraction of sp³-hybridized carbons (Fsp3) is 0.471. The second-order valence-electron chi connectivity index (χ2n) is 5.57. The van der Waals surface area contributed by atoms with Gasteiger partial charge < -0.3 is 15.6 Å². The van der Waals surface area contributed by atoms with E-state index in [0.717, 1.165) is 25.3 Å². The van der Waals surface area contributed by atoms with E-state index in [1.165, 1.54) is 22.0 Å². The Kier molecular flexibility index (Phi) is 5.26. The summed E-state index contributed by atoms with van der Waals surface area (Å²) in [5.41, 5.74) is 3.84. The van der Waals surface area contributed by atoms with Gasteiger partial charge in [0.1, 0.15) is 0 Å². The Bertz CT molecular complexity index is 612. The minimum atomic E-state index is 0.437. The van der Waals surface area contributed by atoms with Crippen molar-refractivity contribution in [1.82, 2.24) is 15.6 Å². The number of fused-ring (bicyclic) bond motifs is 1. The van der Waals surface area contributed by atoms with Gasteiger partial charge in [0.25, 0.3) is 0 Å². The molecule has 0 bridgehead atoms. The molecule has 0 aliphatic heterocycles. The number of aromatic nitrogens is 1. The first-order valence-electron chi connectivity index (χ1n) is 7.67. The van der Waals surface area contributed by atoms with Crippen molar-refractivity contribution < 1.29 is 0 Å². The summed E-state index contributed by atoms with van der Waals surface area (Å²) in [4.78, 5) is 7.60. The van der Waals surface area contributed by atoms with Gasteiger partial charge in [0.15, 0.2) is 5.96 Å². The van der Waals surface area contributed by atoms with Gasteiger partial charge in [-0.3, -0.25) is 4.99 Å². The van der Waals surface area contributed by atoms with Crippen LogP contribution in [0.15, 0.2) is 29.4 Å². The minimum Gasteiger partial charge on any atom is -0.361 e. The van der Waals surface area contributed by atoms with Crippen molar-refractivity contribution in [2.45, 2.75) is 39.7 Å². The monoisotopic (exact) mass is 286 g/mol. The van der Waals surface area contributed by atoms with Crippen LogP contribution in [0.3, 0.4) is 0 Å². The zero-order valence-electron chi connectivity index (χ0n) is 13.5. The van der Waals surface area contributed by atoms with Gasteiger partial charge in [-0.1, -0.05) is 19.1 Å². The van der Waals surface area contributed by atoms with Crippen LogP contribution in [0.2, 0.25) is 0 Å². The van der Waals surface area contributed by atoms with Crippen LogP contribution in [-0.4, -0.2) is 30.6 Å². The molecule has 0 saturated heterocycles. The molecule has 114 valence electrons. The first-order chi connectivity index (χ1) is 10.1. The van der Waals surface area contributed by atoms with Crippen molar-refractivity contribution in [2.24, 2.45) is 4.99 Å². The molecule has 2 rings (SSSR count). The normalized spacial score (nSPS) is 13.4. The first-order valence-corrected chi connectivity index (χ1v) is 7.67. The molecule has 1 unspecified atom stereocenters. The molecule has 1 aromatic heterocycles. The van der Waals surface area contributed by atoms with Crippen LogP contribution < -0.4 is 10.6 Å². The lowest BCUT2D eigenvalue weighted by molar-refractivity contribution is 0.624. The van der Waals surface area contributed by atoms with E-state index in [1.807, 2.05) is 7.05 Å². The van der Waals surface area contributed by atoms with Crippen LogP contribution in [0, 0.1) is 6.92 Å². The highest BCUT2D eigenvalue weighted by atomic mass is 15.2. The molecule has 4 heteroatoms. The molecular formula is C17H26N4. The number of hydrogen-bond donors (Lipinski definition) is 3. The van der Waals surface area contributed by atoms with Crippen molar-refractivity contribution >= 4 is 16.9 Å². The molecule has 0 aliphatic carbocycles. The largest absolute Gasteiger partial charge is 0.361 e. The molecule has 0 aliphatic rings. The predicted molar refractivity (Wildman–Crippen MR) is 91.0 cm³/mol. The van der Waals surface area contributed by atoms with Crippen molar-refractivity contribution in [2.75, 3.05) is 13.6 Å². The minimum absolute atomic E-state index is 0.437. The lowest BCUT2D eigenvalue weighted by Crippen LogP contribution is -2.42. The van der Waals surface area contributed by atoms with E-state index in [2.05, 4.69) is 65.8 Å². The molecule has 21 heavy (non-hydrogen) atoms. The van der Waals surface area contributed by atoms with Gasteiger partial charge in [-0.05, 0) is 43.9 Å². The van der Waals surface area contributed by atoms with Gasteiger partial charge in [-0.25, -0.2) is 0 Å². The van der Waals surface area contributed by atoms with Crippen molar-refractivity contribution in [3.63, 3.8) is 0 Å². The van der Waals surface area contributed by atoms with Crippen LogP contribution in [0.1, 0.15) is 31.4 Å². The molecule has 4 nitrogen and oxygen atoms in total. The van der Waals surface area contributed by atoms with E-state index in [1.54, 1.807) is 0 Å². The van der Waals surface area contributed by atoms with Crippen molar-refractivity contribution in [3.05, 3.63) is 35.5 Å². The number of guanidine groups is 1. The summed E-state index contributed by atoms with van der Waals surface area (Å²) in [6, 6.07) is 6.99. The zero-order valence-corrected chi connectivity index (χ0v) is 13.5. The average molecular weight is 286 g/mol. The van der Waals surface area contributed by atoms with Gasteiger partial charge in [0.2, 0.25) is 0 Å². The average Bonchev–Trinajstić information content (AvgIpc) is 2.88. The number of H-pyrrole nitrogens is 1. The summed E-state index contributed by atoms with van der Waals surface area (Å²) in [5, 5.41) is 8.06. The van der Waals surface area contributed by atoms with Crippen LogP contribution in [-0.2, 0) is 6.42 Å². The number of aryl methyl sites for hydroxylation is 1. The predicted octanol–water partition coefficient (Wildman–Crippen LogP) is 2.98. The Hall–Kier alpha value is -1.97. The molecule has 0 radical (unpaired) electrons. The summed E-state index contributed by atoms with van der Waals surface area (Å²) >= 11 is 0. The maximum Gasteiger partial charge on any atom is 0.191 e. The summed E-state index contributed by atoms with van der Waals surface area (Å²) in [6.45, 7) is 7.32. The van der Waals surface area contributed by atoms with E-state index in [9.17, 15) is 0 Å². The molecule has 1 aromatic carbocycles. The topological polar surface area (TPSA) is 52.2 Å². The third-order valence-electron chi connectivity index (χ3n) is 3.83. The number of benzene rings is 1. The fourth-order valence-corrected chi connectivity index (χ4v) is 2.35. The Morgan fingerprint density at radius 2 is 2.19 bits per heavy atom. The first kappa shape index (κ1) is 15.4. The van der Waals surface area contributed by atoms with Gasteiger partial charge in [0, 0.05) is 36.7 Å². The molecule has 0 saturated carbocycles. The second kappa shape index (κ2) is 7.16. The van der Waals surface area contributed by atoms with Crippen LogP contribution >= 0.6 is 0 Å². The lowest BCUT2D eigenvalue weighted by Gasteiger charge is -2.16. The third-order valence-corrected chi connectivity index (χ3v) is 3.83. The quantitative estimate of drug-likeness (QED) is 0.584. The number of nitrogens with zero attached hydrogens (tertiary/aromatic N) is 1. The Morgan fingerprint density at radius 3 is 2.90 bits per heavy atom. The number of aromatic amines is 1. The van der Waals surface area contributed by atoms with Crippen molar-refractivity contribution in [1.29, 1.82) is 0 Å². The Morgan fingerprint density at radius 1 is 1.38 bits per heavy atom. The van der Waals surface area contributed by atoms with E-state index in [-0.39, 0.29) is 0 Å². The fourth-order valence-electron chi connectivity index (χ4n) is 2.35. The number of rotatable bonds is 5. The standard InChI is InChI=1S/C17H26N4/c1-5-13(3)21-17(18-4)19-9-8-14-11-20-16-10-12(2)6-7-15(14)16/h6-7,10-11,13,20H,5,8-9H2,1-4H3,(H2,18,19,21). The van der Waals surface area contributed by atoms with Crippen LogP contribution in [0.5, 0.6) is 0 Å². The number of nitrogens with one attached hydrogen (secondary N) is 3. The second-order valence-corrected chi connectivity index (χ2v) is 5.57. The van der Waals surface area contributed by atoms with Crippen molar-refractivity contribution in [3.8, 4) is 0 Å². The number of aliphatic imine (C=N–C) groups is 1. The zero-order chi connectivity index (χ0) is 15.2. The van der Waals surface area contributed by atoms with Gasteiger partial charge >= 0.3 is 0 Å². The molecule has 2 aromatic rings. The molecular weight excluding hydrogens is 260 g/mol. The van der Waals surface area contributed by atoms with Gasteiger partial charge in [-0.15, -0.1) is 0 Å². The van der Waals surface area contributed by atoms with E-state index in [0.29, 0.717) is 6.04 Å².